The van der Waals surface area contributed by atoms with Crippen LogP contribution in [-0.4, -0.2) is 9.97 Å². The van der Waals surface area contributed by atoms with E-state index in [1.807, 2.05) is 0 Å². The van der Waals surface area contributed by atoms with Crippen molar-refractivity contribution in [1.82, 2.24) is 9.97 Å². The second-order valence-electron chi connectivity index (χ2n) is 3.09. The molecule has 0 bridgehead atoms. The maximum absolute atomic E-state index is 6.07. The number of benzene rings is 1. The van der Waals surface area contributed by atoms with Gasteiger partial charge in [-0.3, -0.25) is 0 Å². The predicted molar refractivity (Wildman–Crippen MR) is 72.5 cm³/mol. The second kappa shape index (κ2) is 5.17. The first kappa shape index (κ1) is 13.2. The van der Waals surface area contributed by atoms with Crippen LogP contribution in [0.3, 0.4) is 0 Å². The van der Waals surface area contributed by atoms with Gasteiger partial charge in [-0.15, -0.1) is 0 Å². The number of aromatic nitrogens is 2. The Kier molecular flexibility index (Phi) is 4.01. The highest BCUT2D eigenvalue weighted by atomic mass is 35.5. The lowest BCUT2D eigenvalue weighted by Gasteiger charge is -2.08. The zero-order valence-electron chi connectivity index (χ0n) is 8.02. The van der Waals surface area contributed by atoms with Crippen LogP contribution in [0, 0.1) is 0 Å². The smallest absolute Gasteiger partial charge is 0.223 e. The molecule has 2 rings (SSSR count). The molecule has 0 radical (unpaired) electrons. The molecule has 0 spiro atoms. The standard InChI is InChI=1S/C10H3Cl5N2/c11-4-1-6(12)8(7(13)2-4)5-3-16-10(15)17-9(5)14/h1-3H. The SMILES string of the molecule is Clc1cc(Cl)c(-c2cnc(Cl)nc2Cl)c(Cl)c1. The van der Waals surface area contributed by atoms with Crippen molar-refractivity contribution < 1.29 is 0 Å². The van der Waals surface area contributed by atoms with E-state index in [9.17, 15) is 0 Å². The molecular formula is C10H3Cl5N2. The number of hydrogen-bond donors (Lipinski definition) is 0. The average Bonchev–Trinajstić information content (AvgIpc) is 2.19. The molecule has 0 unspecified atom stereocenters. The first-order valence-corrected chi connectivity index (χ1v) is 6.21. The summed E-state index contributed by atoms with van der Waals surface area (Å²) < 4.78 is 0. The fraction of sp³-hybridized carbons (Fsp3) is 0. The van der Waals surface area contributed by atoms with Gasteiger partial charge in [0, 0.05) is 22.3 Å². The van der Waals surface area contributed by atoms with Crippen LogP contribution in [0.25, 0.3) is 11.1 Å². The maximum atomic E-state index is 6.07. The molecule has 0 aliphatic rings. The minimum absolute atomic E-state index is 0.0555. The minimum atomic E-state index is 0.0555. The fourth-order valence-electron chi connectivity index (χ4n) is 1.31. The number of hydrogen-bond acceptors (Lipinski definition) is 2. The summed E-state index contributed by atoms with van der Waals surface area (Å²) in [6.45, 7) is 0. The maximum Gasteiger partial charge on any atom is 0.223 e. The molecule has 0 aliphatic heterocycles. The lowest BCUT2D eigenvalue weighted by Crippen LogP contribution is -1.89. The van der Waals surface area contributed by atoms with E-state index in [0.717, 1.165) is 0 Å². The zero-order chi connectivity index (χ0) is 12.6. The molecule has 17 heavy (non-hydrogen) atoms. The van der Waals surface area contributed by atoms with Crippen LogP contribution in [-0.2, 0) is 0 Å². The van der Waals surface area contributed by atoms with Crippen LogP contribution in [0.4, 0.5) is 0 Å². The molecule has 0 saturated carbocycles. The van der Waals surface area contributed by atoms with E-state index in [1.165, 1.54) is 6.20 Å². The van der Waals surface area contributed by atoms with Crippen molar-refractivity contribution in [3.8, 4) is 11.1 Å². The van der Waals surface area contributed by atoms with Crippen molar-refractivity contribution in [3.05, 3.63) is 43.8 Å². The Morgan fingerprint density at radius 2 is 1.47 bits per heavy atom. The van der Waals surface area contributed by atoms with Crippen LogP contribution in [0.15, 0.2) is 18.3 Å². The Morgan fingerprint density at radius 3 is 2.00 bits per heavy atom. The Morgan fingerprint density at radius 1 is 0.882 bits per heavy atom. The fourth-order valence-corrected chi connectivity index (χ4v) is 2.73. The molecule has 0 atom stereocenters. The normalized spacial score (nSPS) is 10.6. The number of nitrogens with zero attached hydrogens (tertiary/aromatic N) is 2. The molecule has 0 N–H and O–H groups in total. The van der Waals surface area contributed by atoms with E-state index < -0.39 is 0 Å². The molecule has 0 amide bonds. The molecule has 0 saturated heterocycles. The van der Waals surface area contributed by atoms with Gasteiger partial charge in [-0.2, -0.15) is 0 Å². The van der Waals surface area contributed by atoms with Crippen molar-refractivity contribution in [2.75, 3.05) is 0 Å². The van der Waals surface area contributed by atoms with Crippen LogP contribution in [0.2, 0.25) is 25.5 Å². The third-order valence-electron chi connectivity index (χ3n) is 1.99. The van der Waals surface area contributed by atoms with Crippen LogP contribution < -0.4 is 0 Å². The zero-order valence-corrected chi connectivity index (χ0v) is 11.8. The summed E-state index contributed by atoms with van der Waals surface area (Å²) in [5.74, 6) is 0. The highest BCUT2D eigenvalue weighted by molar-refractivity contribution is 6.43. The van der Waals surface area contributed by atoms with Crippen molar-refractivity contribution in [2.45, 2.75) is 0 Å². The number of halogens is 5. The Hall–Kier alpha value is -0.250. The molecule has 1 aromatic carbocycles. The highest BCUT2D eigenvalue weighted by Gasteiger charge is 2.14. The quantitative estimate of drug-likeness (QED) is 0.516. The van der Waals surface area contributed by atoms with Gasteiger partial charge in [-0.05, 0) is 23.7 Å². The van der Waals surface area contributed by atoms with E-state index in [2.05, 4.69) is 9.97 Å². The topological polar surface area (TPSA) is 25.8 Å². The van der Waals surface area contributed by atoms with Crippen LogP contribution in [0.5, 0.6) is 0 Å². The van der Waals surface area contributed by atoms with Gasteiger partial charge >= 0.3 is 0 Å². The summed E-state index contributed by atoms with van der Waals surface area (Å²) in [5, 5.41) is 1.41. The molecule has 2 aromatic rings. The van der Waals surface area contributed by atoms with Crippen molar-refractivity contribution in [3.63, 3.8) is 0 Å². The Balaban J connectivity index is 2.68. The summed E-state index contributed by atoms with van der Waals surface area (Å²) in [6, 6.07) is 3.13. The first-order chi connectivity index (χ1) is 7.99. The van der Waals surface area contributed by atoms with E-state index in [-0.39, 0.29) is 10.4 Å². The summed E-state index contributed by atoms with van der Waals surface area (Å²) in [6.07, 6.45) is 1.46. The lowest BCUT2D eigenvalue weighted by molar-refractivity contribution is 1.17. The van der Waals surface area contributed by atoms with E-state index in [1.54, 1.807) is 12.1 Å². The van der Waals surface area contributed by atoms with Crippen molar-refractivity contribution in [1.29, 1.82) is 0 Å². The van der Waals surface area contributed by atoms with Crippen molar-refractivity contribution >= 4 is 58.0 Å². The highest BCUT2D eigenvalue weighted by Crippen LogP contribution is 2.39. The van der Waals surface area contributed by atoms with Crippen LogP contribution >= 0.6 is 58.0 Å². The van der Waals surface area contributed by atoms with E-state index in [0.29, 0.717) is 26.2 Å². The molecule has 0 fully saturated rings. The lowest BCUT2D eigenvalue weighted by atomic mass is 10.1. The first-order valence-electron chi connectivity index (χ1n) is 4.32. The molecule has 7 heteroatoms. The molecule has 88 valence electrons. The van der Waals surface area contributed by atoms with Gasteiger partial charge in [0.05, 0.1) is 10.0 Å². The minimum Gasteiger partial charge on any atom is -0.226 e. The van der Waals surface area contributed by atoms with Crippen molar-refractivity contribution in [2.24, 2.45) is 0 Å². The van der Waals surface area contributed by atoms with Gasteiger partial charge in [0.15, 0.2) is 0 Å². The third kappa shape index (κ3) is 2.78. The van der Waals surface area contributed by atoms with E-state index >= 15 is 0 Å². The molecule has 1 aromatic heterocycles. The predicted octanol–water partition coefficient (Wildman–Crippen LogP) is 5.41. The average molecular weight is 328 g/mol. The van der Waals surface area contributed by atoms with Crippen LogP contribution in [0.1, 0.15) is 0 Å². The van der Waals surface area contributed by atoms with Gasteiger partial charge < -0.3 is 0 Å². The summed E-state index contributed by atoms with van der Waals surface area (Å²) in [7, 11) is 0. The summed E-state index contributed by atoms with van der Waals surface area (Å²) in [4.78, 5) is 7.66. The largest absolute Gasteiger partial charge is 0.226 e. The van der Waals surface area contributed by atoms with Gasteiger partial charge in [0.2, 0.25) is 5.28 Å². The molecule has 2 nitrogen and oxygen atoms in total. The van der Waals surface area contributed by atoms with E-state index in [4.69, 9.17) is 58.0 Å². The number of rotatable bonds is 1. The van der Waals surface area contributed by atoms with Gasteiger partial charge in [-0.1, -0.05) is 46.4 Å². The third-order valence-corrected chi connectivity index (χ3v) is 3.27. The molecular weight excluding hydrogens is 325 g/mol. The van der Waals surface area contributed by atoms with Gasteiger partial charge in [-0.25, -0.2) is 9.97 Å². The monoisotopic (exact) mass is 326 g/mol. The second-order valence-corrected chi connectivity index (χ2v) is 5.03. The summed E-state index contributed by atoms with van der Waals surface area (Å²) in [5.41, 5.74) is 1.03. The summed E-state index contributed by atoms with van der Waals surface area (Å²) >= 11 is 29.5. The van der Waals surface area contributed by atoms with Gasteiger partial charge in [0.1, 0.15) is 5.15 Å². The van der Waals surface area contributed by atoms with Gasteiger partial charge in [0.25, 0.3) is 0 Å². The molecule has 0 aliphatic carbocycles. The molecule has 1 heterocycles. The Labute approximate surface area is 122 Å². The Bertz CT molecular complexity index is 562.